The average molecular weight is 310 g/mol. The number of aromatic nitrogens is 1. The van der Waals surface area contributed by atoms with E-state index in [0.717, 1.165) is 32.3 Å². The maximum absolute atomic E-state index is 11.6. The fourth-order valence-electron chi connectivity index (χ4n) is 3.45. The molecule has 21 heavy (non-hydrogen) atoms. The standard InChI is InChI=1S/C15H22N2O3S/c1-21(18,19)17-7-4-15(5-8-17)10-14(20-12-15)9-13-3-2-6-16-11-13/h2-3,6,11,14H,4-5,7-10,12H2,1H3/t14-/m1/s1. The molecule has 2 aliphatic rings. The summed E-state index contributed by atoms with van der Waals surface area (Å²) in [6.07, 6.45) is 8.93. The van der Waals surface area contributed by atoms with Gasteiger partial charge < -0.3 is 4.74 Å². The quantitative estimate of drug-likeness (QED) is 0.848. The third kappa shape index (κ3) is 3.44. The van der Waals surface area contributed by atoms with Crippen molar-refractivity contribution < 1.29 is 13.2 Å². The van der Waals surface area contributed by atoms with Crippen molar-refractivity contribution >= 4 is 10.0 Å². The Balaban J connectivity index is 1.58. The summed E-state index contributed by atoms with van der Waals surface area (Å²) < 4.78 is 30.7. The predicted octanol–water partition coefficient (Wildman–Crippen LogP) is 1.45. The van der Waals surface area contributed by atoms with E-state index in [1.54, 1.807) is 10.5 Å². The summed E-state index contributed by atoms with van der Waals surface area (Å²) in [5.74, 6) is 0. The Morgan fingerprint density at radius 1 is 1.43 bits per heavy atom. The number of rotatable bonds is 3. The van der Waals surface area contributed by atoms with Crippen molar-refractivity contribution in [1.82, 2.24) is 9.29 Å². The van der Waals surface area contributed by atoms with E-state index in [2.05, 4.69) is 11.1 Å². The molecule has 5 nitrogen and oxygen atoms in total. The minimum Gasteiger partial charge on any atom is -0.377 e. The second-order valence-corrected chi connectivity index (χ2v) is 8.35. The molecular formula is C15H22N2O3S. The summed E-state index contributed by atoms with van der Waals surface area (Å²) >= 11 is 0. The van der Waals surface area contributed by atoms with Crippen molar-refractivity contribution in [2.75, 3.05) is 26.0 Å². The lowest BCUT2D eigenvalue weighted by molar-refractivity contribution is 0.0793. The first kappa shape index (κ1) is 14.9. The number of ether oxygens (including phenoxy) is 1. The molecule has 2 aliphatic heterocycles. The largest absolute Gasteiger partial charge is 0.377 e. The first-order chi connectivity index (χ1) is 9.97. The molecule has 6 heteroatoms. The molecule has 0 saturated carbocycles. The second-order valence-electron chi connectivity index (χ2n) is 6.36. The maximum Gasteiger partial charge on any atom is 0.211 e. The Kier molecular flexibility index (Phi) is 4.03. The lowest BCUT2D eigenvalue weighted by Gasteiger charge is -2.37. The van der Waals surface area contributed by atoms with Crippen molar-refractivity contribution in [1.29, 1.82) is 0 Å². The van der Waals surface area contributed by atoms with Gasteiger partial charge in [0, 0.05) is 31.9 Å². The zero-order valence-corrected chi connectivity index (χ0v) is 13.2. The van der Waals surface area contributed by atoms with Crippen molar-refractivity contribution in [3.05, 3.63) is 30.1 Å². The first-order valence-electron chi connectivity index (χ1n) is 7.43. The van der Waals surface area contributed by atoms with Gasteiger partial charge in [-0.05, 0) is 36.3 Å². The highest BCUT2D eigenvalue weighted by molar-refractivity contribution is 7.88. The van der Waals surface area contributed by atoms with Crippen LogP contribution in [-0.2, 0) is 21.2 Å². The van der Waals surface area contributed by atoms with E-state index in [4.69, 9.17) is 4.74 Å². The molecule has 0 N–H and O–H groups in total. The van der Waals surface area contributed by atoms with Crippen LogP contribution in [0.25, 0.3) is 0 Å². The highest BCUT2D eigenvalue weighted by Gasteiger charge is 2.43. The van der Waals surface area contributed by atoms with E-state index >= 15 is 0 Å². The molecule has 1 aromatic rings. The highest BCUT2D eigenvalue weighted by atomic mass is 32.2. The van der Waals surface area contributed by atoms with E-state index in [-0.39, 0.29) is 11.5 Å². The summed E-state index contributed by atoms with van der Waals surface area (Å²) in [6, 6.07) is 4.03. The zero-order chi connectivity index (χ0) is 14.9. The zero-order valence-electron chi connectivity index (χ0n) is 12.4. The predicted molar refractivity (Wildman–Crippen MR) is 80.4 cm³/mol. The number of hydrogen-bond acceptors (Lipinski definition) is 4. The molecule has 2 saturated heterocycles. The number of piperidine rings is 1. The molecule has 0 aliphatic carbocycles. The Morgan fingerprint density at radius 3 is 2.81 bits per heavy atom. The average Bonchev–Trinajstić information content (AvgIpc) is 2.82. The van der Waals surface area contributed by atoms with Gasteiger partial charge in [0.05, 0.1) is 19.0 Å². The lowest BCUT2D eigenvalue weighted by Crippen LogP contribution is -2.43. The van der Waals surface area contributed by atoms with E-state index < -0.39 is 10.0 Å². The summed E-state index contributed by atoms with van der Waals surface area (Å²) in [6.45, 7) is 2.01. The summed E-state index contributed by atoms with van der Waals surface area (Å²) in [5, 5.41) is 0. The number of nitrogens with zero attached hydrogens (tertiary/aromatic N) is 2. The van der Waals surface area contributed by atoms with Gasteiger partial charge in [-0.15, -0.1) is 0 Å². The van der Waals surface area contributed by atoms with Crippen molar-refractivity contribution in [3.63, 3.8) is 0 Å². The van der Waals surface area contributed by atoms with Gasteiger partial charge in [0.1, 0.15) is 0 Å². The summed E-state index contributed by atoms with van der Waals surface area (Å²) in [5.41, 5.74) is 1.38. The molecule has 2 fully saturated rings. The summed E-state index contributed by atoms with van der Waals surface area (Å²) in [7, 11) is -3.05. The fraction of sp³-hybridized carbons (Fsp3) is 0.667. The molecule has 1 atom stereocenters. The van der Waals surface area contributed by atoms with E-state index in [1.165, 1.54) is 11.8 Å². The molecule has 0 radical (unpaired) electrons. The van der Waals surface area contributed by atoms with Crippen molar-refractivity contribution in [2.24, 2.45) is 5.41 Å². The van der Waals surface area contributed by atoms with Gasteiger partial charge in [0.25, 0.3) is 0 Å². The Bertz CT molecular complexity index is 580. The molecular weight excluding hydrogens is 288 g/mol. The maximum atomic E-state index is 11.6. The van der Waals surface area contributed by atoms with Gasteiger partial charge in [-0.25, -0.2) is 12.7 Å². The number of sulfonamides is 1. The third-order valence-corrected chi connectivity index (χ3v) is 6.03. The van der Waals surface area contributed by atoms with Crippen LogP contribution in [0.2, 0.25) is 0 Å². The van der Waals surface area contributed by atoms with Gasteiger partial charge in [0.2, 0.25) is 10.0 Å². The normalized spacial score (nSPS) is 26.2. The minimum atomic E-state index is -3.05. The Morgan fingerprint density at radius 2 is 2.19 bits per heavy atom. The highest BCUT2D eigenvalue weighted by Crippen LogP contribution is 2.43. The van der Waals surface area contributed by atoms with Crippen LogP contribution >= 0.6 is 0 Å². The summed E-state index contributed by atoms with van der Waals surface area (Å²) in [4.78, 5) is 4.14. The SMILES string of the molecule is CS(=O)(=O)N1CCC2(CC1)CO[C@H](Cc1cccnc1)C2. The van der Waals surface area contributed by atoms with Crippen LogP contribution in [0.3, 0.4) is 0 Å². The molecule has 3 heterocycles. The minimum absolute atomic E-state index is 0.175. The Labute approximate surface area is 126 Å². The molecule has 0 aromatic carbocycles. The van der Waals surface area contributed by atoms with Crippen LogP contribution in [0.5, 0.6) is 0 Å². The van der Waals surface area contributed by atoms with Crippen LogP contribution in [-0.4, -0.2) is 49.8 Å². The monoisotopic (exact) mass is 310 g/mol. The number of hydrogen-bond donors (Lipinski definition) is 0. The second kappa shape index (κ2) is 5.66. The molecule has 116 valence electrons. The topological polar surface area (TPSA) is 59.5 Å². The third-order valence-electron chi connectivity index (χ3n) is 4.72. The number of pyridine rings is 1. The smallest absolute Gasteiger partial charge is 0.211 e. The van der Waals surface area contributed by atoms with E-state index in [1.807, 2.05) is 12.3 Å². The molecule has 0 unspecified atom stereocenters. The molecule has 0 amide bonds. The van der Waals surface area contributed by atoms with Crippen LogP contribution in [0.4, 0.5) is 0 Å². The molecule has 1 aromatic heterocycles. The van der Waals surface area contributed by atoms with Crippen LogP contribution in [0, 0.1) is 5.41 Å². The van der Waals surface area contributed by atoms with Gasteiger partial charge in [-0.2, -0.15) is 0 Å². The van der Waals surface area contributed by atoms with Gasteiger partial charge in [-0.1, -0.05) is 6.07 Å². The molecule has 1 spiro atoms. The van der Waals surface area contributed by atoms with Crippen molar-refractivity contribution in [3.8, 4) is 0 Å². The lowest BCUT2D eigenvalue weighted by atomic mass is 9.77. The van der Waals surface area contributed by atoms with Crippen LogP contribution < -0.4 is 0 Å². The van der Waals surface area contributed by atoms with Crippen molar-refractivity contribution in [2.45, 2.75) is 31.8 Å². The van der Waals surface area contributed by atoms with Gasteiger partial charge >= 0.3 is 0 Å². The fourth-order valence-corrected chi connectivity index (χ4v) is 4.29. The Hall–Kier alpha value is -0.980. The first-order valence-corrected chi connectivity index (χ1v) is 9.27. The van der Waals surface area contributed by atoms with Gasteiger partial charge in [-0.3, -0.25) is 4.98 Å². The van der Waals surface area contributed by atoms with E-state index in [0.29, 0.717) is 13.1 Å². The van der Waals surface area contributed by atoms with E-state index in [9.17, 15) is 8.42 Å². The molecule has 0 bridgehead atoms. The van der Waals surface area contributed by atoms with Gasteiger partial charge in [0.15, 0.2) is 0 Å². The molecule has 3 rings (SSSR count). The van der Waals surface area contributed by atoms with Crippen LogP contribution in [0.15, 0.2) is 24.5 Å². The van der Waals surface area contributed by atoms with Crippen LogP contribution in [0.1, 0.15) is 24.8 Å².